The molecule has 2 N–H and O–H groups in total. The van der Waals surface area contributed by atoms with Gasteiger partial charge in [0.05, 0.1) is 0 Å². The first-order valence-electron chi connectivity index (χ1n) is 6.89. The van der Waals surface area contributed by atoms with Crippen molar-refractivity contribution in [3.8, 4) is 0 Å². The maximum Gasteiger partial charge on any atom is 0.123 e. The molecule has 2 heteroatoms. The van der Waals surface area contributed by atoms with E-state index in [1.54, 1.807) is 12.1 Å². The van der Waals surface area contributed by atoms with Gasteiger partial charge in [-0.05, 0) is 73.2 Å². The summed E-state index contributed by atoms with van der Waals surface area (Å²) in [5.41, 5.74) is 8.65. The SMILES string of the molecule is Cc1cc(F)ccc1C1CC(C)(C)CCC1CN. The molecule has 1 aromatic carbocycles. The molecule has 1 aliphatic rings. The van der Waals surface area contributed by atoms with Gasteiger partial charge in [-0.3, -0.25) is 0 Å². The van der Waals surface area contributed by atoms with Crippen LogP contribution in [0.15, 0.2) is 18.2 Å². The summed E-state index contributed by atoms with van der Waals surface area (Å²) in [6, 6.07) is 5.18. The Labute approximate surface area is 110 Å². The first-order valence-corrected chi connectivity index (χ1v) is 6.89. The number of hydrogen-bond acceptors (Lipinski definition) is 1. The second-order valence-electron chi connectivity index (χ2n) is 6.51. The number of nitrogens with two attached hydrogens (primary N) is 1. The number of hydrogen-bond donors (Lipinski definition) is 1. The summed E-state index contributed by atoms with van der Waals surface area (Å²) < 4.78 is 13.2. The van der Waals surface area contributed by atoms with Gasteiger partial charge in [0.2, 0.25) is 0 Å². The second-order valence-corrected chi connectivity index (χ2v) is 6.51. The Hall–Kier alpha value is -0.890. The molecule has 1 aliphatic carbocycles. The van der Waals surface area contributed by atoms with Crippen LogP contribution in [0.1, 0.15) is 50.2 Å². The van der Waals surface area contributed by atoms with Gasteiger partial charge in [0.1, 0.15) is 5.82 Å². The summed E-state index contributed by atoms with van der Waals surface area (Å²) in [5.74, 6) is 0.886. The Kier molecular flexibility index (Phi) is 3.76. The number of aryl methyl sites for hydroxylation is 1. The quantitative estimate of drug-likeness (QED) is 0.842. The highest BCUT2D eigenvalue weighted by molar-refractivity contribution is 5.31. The minimum absolute atomic E-state index is 0.143. The van der Waals surface area contributed by atoms with Crippen molar-refractivity contribution in [1.29, 1.82) is 0 Å². The largest absolute Gasteiger partial charge is 0.330 e. The molecule has 100 valence electrons. The zero-order chi connectivity index (χ0) is 13.3. The van der Waals surface area contributed by atoms with Crippen LogP contribution >= 0.6 is 0 Å². The van der Waals surface area contributed by atoms with Crippen LogP contribution in [0.2, 0.25) is 0 Å². The van der Waals surface area contributed by atoms with Crippen LogP contribution in [0.4, 0.5) is 4.39 Å². The van der Waals surface area contributed by atoms with Crippen LogP contribution < -0.4 is 5.73 Å². The zero-order valence-electron chi connectivity index (χ0n) is 11.7. The fourth-order valence-corrected chi connectivity index (χ4v) is 3.34. The van der Waals surface area contributed by atoms with E-state index in [1.807, 2.05) is 13.0 Å². The Morgan fingerprint density at radius 3 is 2.72 bits per heavy atom. The smallest absolute Gasteiger partial charge is 0.123 e. The highest BCUT2D eigenvalue weighted by atomic mass is 19.1. The number of benzene rings is 1. The lowest BCUT2D eigenvalue weighted by Crippen LogP contribution is -2.33. The van der Waals surface area contributed by atoms with Crippen molar-refractivity contribution in [2.24, 2.45) is 17.1 Å². The van der Waals surface area contributed by atoms with Crippen molar-refractivity contribution in [2.75, 3.05) is 6.54 Å². The van der Waals surface area contributed by atoms with Gasteiger partial charge >= 0.3 is 0 Å². The fraction of sp³-hybridized carbons (Fsp3) is 0.625. The van der Waals surface area contributed by atoms with Gasteiger partial charge in [-0.1, -0.05) is 19.9 Å². The number of halogens is 1. The standard InChI is InChI=1S/C16H24FN/c1-11-8-13(17)4-5-14(11)15-9-16(2,3)7-6-12(15)10-18/h4-5,8,12,15H,6-7,9-10,18H2,1-3H3. The Morgan fingerprint density at radius 1 is 1.39 bits per heavy atom. The van der Waals surface area contributed by atoms with E-state index < -0.39 is 0 Å². The van der Waals surface area contributed by atoms with Gasteiger partial charge in [0.15, 0.2) is 0 Å². The fourth-order valence-electron chi connectivity index (χ4n) is 3.34. The second kappa shape index (κ2) is 5.00. The van der Waals surface area contributed by atoms with Gasteiger partial charge in [-0.15, -0.1) is 0 Å². The summed E-state index contributed by atoms with van der Waals surface area (Å²) in [6.45, 7) is 7.39. The van der Waals surface area contributed by atoms with Crippen molar-refractivity contribution in [3.05, 3.63) is 35.1 Å². The van der Waals surface area contributed by atoms with Gasteiger partial charge in [0.25, 0.3) is 0 Å². The molecule has 2 unspecified atom stereocenters. The molecule has 0 aromatic heterocycles. The molecule has 2 atom stereocenters. The van der Waals surface area contributed by atoms with Crippen molar-refractivity contribution >= 4 is 0 Å². The molecular formula is C16H24FN. The van der Waals surface area contributed by atoms with Crippen molar-refractivity contribution in [2.45, 2.75) is 46.0 Å². The maximum absolute atomic E-state index is 13.2. The normalized spacial score (nSPS) is 27.2. The van der Waals surface area contributed by atoms with Gasteiger partial charge in [-0.25, -0.2) is 4.39 Å². The third-order valence-electron chi connectivity index (χ3n) is 4.47. The molecule has 0 bridgehead atoms. The van der Waals surface area contributed by atoms with E-state index in [0.29, 0.717) is 17.3 Å². The molecule has 0 saturated heterocycles. The predicted octanol–water partition coefficient (Wildman–Crippen LogP) is 4.00. The van der Waals surface area contributed by atoms with Crippen LogP contribution in [-0.2, 0) is 0 Å². The van der Waals surface area contributed by atoms with Crippen LogP contribution in [0.3, 0.4) is 0 Å². The van der Waals surface area contributed by atoms with E-state index >= 15 is 0 Å². The molecule has 0 spiro atoms. The molecule has 1 nitrogen and oxygen atoms in total. The zero-order valence-corrected chi connectivity index (χ0v) is 11.7. The van der Waals surface area contributed by atoms with Crippen molar-refractivity contribution < 1.29 is 4.39 Å². The average Bonchev–Trinajstić information content (AvgIpc) is 2.28. The summed E-state index contributed by atoms with van der Waals surface area (Å²) in [4.78, 5) is 0. The Morgan fingerprint density at radius 2 is 2.11 bits per heavy atom. The average molecular weight is 249 g/mol. The Balaban J connectivity index is 2.32. The summed E-state index contributed by atoms with van der Waals surface area (Å²) in [7, 11) is 0. The molecule has 1 saturated carbocycles. The third-order valence-corrected chi connectivity index (χ3v) is 4.47. The molecule has 0 aliphatic heterocycles. The van der Waals surface area contributed by atoms with E-state index in [9.17, 15) is 4.39 Å². The first kappa shape index (κ1) is 13.5. The molecule has 0 radical (unpaired) electrons. The highest BCUT2D eigenvalue weighted by Gasteiger charge is 2.35. The van der Waals surface area contributed by atoms with Crippen molar-refractivity contribution in [1.82, 2.24) is 0 Å². The predicted molar refractivity (Wildman–Crippen MR) is 74.1 cm³/mol. The lowest BCUT2D eigenvalue weighted by Gasteiger charge is -2.41. The summed E-state index contributed by atoms with van der Waals surface area (Å²) >= 11 is 0. The molecular weight excluding hydrogens is 225 g/mol. The highest BCUT2D eigenvalue weighted by Crippen LogP contribution is 2.47. The van der Waals surface area contributed by atoms with E-state index in [2.05, 4.69) is 13.8 Å². The van der Waals surface area contributed by atoms with Crippen molar-refractivity contribution in [3.63, 3.8) is 0 Å². The molecule has 18 heavy (non-hydrogen) atoms. The summed E-state index contributed by atoms with van der Waals surface area (Å²) in [5, 5.41) is 0. The Bertz CT molecular complexity index is 425. The van der Waals surface area contributed by atoms with Gasteiger partial charge in [-0.2, -0.15) is 0 Å². The van der Waals surface area contributed by atoms with Crippen LogP contribution in [-0.4, -0.2) is 6.54 Å². The topological polar surface area (TPSA) is 26.0 Å². The number of rotatable bonds is 2. The van der Waals surface area contributed by atoms with Crippen LogP contribution in [0, 0.1) is 24.1 Å². The maximum atomic E-state index is 13.2. The van der Waals surface area contributed by atoms with E-state index in [-0.39, 0.29) is 5.82 Å². The molecule has 1 fully saturated rings. The van der Waals surface area contributed by atoms with Gasteiger partial charge in [0, 0.05) is 0 Å². The van der Waals surface area contributed by atoms with Crippen LogP contribution in [0.5, 0.6) is 0 Å². The lowest BCUT2D eigenvalue weighted by molar-refractivity contribution is 0.165. The molecule has 2 rings (SSSR count). The van der Waals surface area contributed by atoms with Gasteiger partial charge < -0.3 is 5.73 Å². The third kappa shape index (κ3) is 2.74. The first-order chi connectivity index (χ1) is 8.43. The van der Waals surface area contributed by atoms with E-state index in [1.165, 1.54) is 18.4 Å². The van der Waals surface area contributed by atoms with E-state index in [0.717, 1.165) is 18.5 Å². The minimum Gasteiger partial charge on any atom is -0.330 e. The van der Waals surface area contributed by atoms with E-state index in [4.69, 9.17) is 5.73 Å². The monoisotopic (exact) mass is 249 g/mol. The molecule has 0 heterocycles. The minimum atomic E-state index is -0.143. The molecule has 1 aromatic rings. The summed E-state index contributed by atoms with van der Waals surface area (Å²) in [6.07, 6.45) is 3.58. The van der Waals surface area contributed by atoms with Crippen LogP contribution in [0.25, 0.3) is 0 Å². The lowest BCUT2D eigenvalue weighted by atomic mass is 9.64. The molecule has 0 amide bonds.